The van der Waals surface area contributed by atoms with Gasteiger partial charge in [-0.15, -0.1) is 11.3 Å². The first kappa shape index (κ1) is 16.1. The van der Waals surface area contributed by atoms with Gasteiger partial charge in [-0.3, -0.25) is 9.78 Å². The third-order valence-corrected chi connectivity index (χ3v) is 5.31. The summed E-state index contributed by atoms with van der Waals surface area (Å²) in [5, 5.41) is 2.83. The number of likely N-dealkylation sites (N-methyl/N-ethyl adjacent to an activating group) is 1. The molecule has 1 amide bonds. The summed E-state index contributed by atoms with van der Waals surface area (Å²) in [5.74, 6) is 0.150. The number of nitrogens with zero attached hydrogens (tertiary/aromatic N) is 4. The molecule has 1 saturated heterocycles. The number of carbonyl (C=O) groups is 1. The molecule has 0 radical (unpaired) electrons. The minimum Gasteiger partial charge on any atom is -0.342 e. The molecule has 0 spiro atoms. The van der Waals surface area contributed by atoms with Crippen LogP contribution in [0.15, 0.2) is 29.8 Å². The van der Waals surface area contributed by atoms with E-state index in [-0.39, 0.29) is 5.91 Å². The number of pyridine rings is 1. The highest BCUT2D eigenvalue weighted by Gasteiger charge is 2.24. The van der Waals surface area contributed by atoms with E-state index in [0.29, 0.717) is 12.5 Å². The van der Waals surface area contributed by atoms with E-state index in [1.807, 2.05) is 35.5 Å². The molecule has 122 valence electrons. The number of carbonyl (C=O) groups excluding carboxylic acids is 1. The number of hydrogen-bond donors (Lipinski definition) is 0. The van der Waals surface area contributed by atoms with Gasteiger partial charge in [-0.05, 0) is 45.1 Å². The van der Waals surface area contributed by atoms with E-state index in [1.54, 1.807) is 17.5 Å². The summed E-state index contributed by atoms with van der Waals surface area (Å²) in [5.41, 5.74) is 1.69. The van der Waals surface area contributed by atoms with Gasteiger partial charge >= 0.3 is 0 Å². The van der Waals surface area contributed by atoms with Crippen molar-refractivity contribution >= 4 is 17.2 Å². The van der Waals surface area contributed by atoms with E-state index in [2.05, 4.69) is 21.9 Å². The van der Waals surface area contributed by atoms with Gasteiger partial charge in [0.05, 0.1) is 17.8 Å². The molecule has 1 aliphatic rings. The minimum atomic E-state index is 0.150. The largest absolute Gasteiger partial charge is 0.342 e. The molecule has 0 aromatic carbocycles. The van der Waals surface area contributed by atoms with Gasteiger partial charge in [-0.25, -0.2) is 4.98 Å². The highest BCUT2D eigenvalue weighted by molar-refractivity contribution is 7.13. The third-order valence-electron chi connectivity index (χ3n) is 4.40. The molecule has 1 aliphatic heterocycles. The summed E-state index contributed by atoms with van der Waals surface area (Å²) in [6.45, 7) is 2.12. The highest BCUT2D eigenvalue weighted by atomic mass is 32.1. The molecule has 6 heteroatoms. The Kier molecular flexibility index (Phi) is 5.03. The van der Waals surface area contributed by atoms with Gasteiger partial charge < -0.3 is 9.80 Å². The van der Waals surface area contributed by atoms with Crippen LogP contribution in [0.1, 0.15) is 18.5 Å². The Labute approximate surface area is 141 Å². The first-order valence-electron chi connectivity index (χ1n) is 7.93. The fourth-order valence-electron chi connectivity index (χ4n) is 2.86. The lowest BCUT2D eigenvalue weighted by Gasteiger charge is -2.35. The summed E-state index contributed by atoms with van der Waals surface area (Å²) in [7, 11) is 4.05. The molecule has 0 aliphatic carbocycles. The van der Waals surface area contributed by atoms with Gasteiger partial charge in [0.25, 0.3) is 0 Å². The van der Waals surface area contributed by atoms with Gasteiger partial charge in [-0.1, -0.05) is 6.07 Å². The Bertz CT molecular complexity index is 650. The van der Waals surface area contributed by atoms with Crippen molar-refractivity contribution in [2.24, 2.45) is 0 Å². The van der Waals surface area contributed by atoms with E-state index < -0.39 is 0 Å². The summed E-state index contributed by atoms with van der Waals surface area (Å²) in [6.07, 6.45) is 4.23. The predicted octanol–water partition coefficient (Wildman–Crippen LogP) is 2.30. The number of piperidine rings is 1. The van der Waals surface area contributed by atoms with Crippen LogP contribution in [0.3, 0.4) is 0 Å². The number of aromatic nitrogens is 2. The van der Waals surface area contributed by atoms with Crippen molar-refractivity contribution in [2.45, 2.75) is 25.3 Å². The summed E-state index contributed by atoms with van der Waals surface area (Å²) < 4.78 is 0. The second-order valence-corrected chi connectivity index (χ2v) is 6.93. The van der Waals surface area contributed by atoms with Crippen LogP contribution in [-0.2, 0) is 11.2 Å². The Morgan fingerprint density at radius 3 is 2.87 bits per heavy atom. The van der Waals surface area contributed by atoms with Crippen molar-refractivity contribution in [1.29, 1.82) is 0 Å². The van der Waals surface area contributed by atoms with E-state index in [1.165, 1.54) is 0 Å². The topological polar surface area (TPSA) is 49.3 Å². The average Bonchev–Trinajstić information content (AvgIpc) is 3.04. The van der Waals surface area contributed by atoms with E-state index in [4.69, 9.17) is 0 Å². The average molecular weight is 330 g/mol. The molecule has 2 aromatic heterocycles. The fraction of sp³-hybridized carbons (Fsp3) is 0.471. The number of likely N-dealkylation sites (tertiary alicyclic amines) is 1. The molecular formula is C17H22N4OS. The summed E-state index contributed by atoms with van der Waals surface area (Å²) in [4.78, 5) is 25.6. The predicted molar refractivity (Wildman–Crippen MR) is 92.3 cm³/mol. The highest BCUT2D eigenvalue weighted by Crippen LogP contribution is 2.22. The fourth-order valence-corrected chi connectivity index (χ4v) is 3.66. The van der Waals surface area contributed by atoms with Crippen LogP contribution in [0, 0.1) is 0 Å². The maximum absolute atomic E-state index is 12.5. The molecule has 3 rings (SSSR count). The number of rotatable bonds is 4. The van der Waals surface area contributed by atoms with Gasteiger partial charge in [0.15, 0.2) is 0 Å². The lowest BCUT2D eigenvalue weighted by molar-refractivity contribution is -0.132. The smallest absolute Gasteiger partial charge is 0.228 e. The molecule has 0 saturated carbocycles. The normalized spacial score (nSPS) is 16.4. The molecule has 0 unspecified atom stereocenters. The SMILES string of the molecule is CN1CCC(N(C)C(=O)Cc2csc(-c3ccccn3)n2)CC1. The maximum Gasteiger partial charge on any atom is 0.228 e. The van der Waals surface area contributed by atoms with Gasteiger partial charge in [0.2, 0.25) is 5.91 Å². The minimum absolute atomic E-state index is 0.150. The standard InChI is InChI=1S/C17H22N4OS/c1-20-9-6-14(7-10-20)21(2)16(22)11-13-12-23-17(19-13)15-5-3-4-8-18-15/h3-5,8,12,14H,6-7,9-11H2,1-2H3. The van der Waals surface area contributed by atoms with Crippen LogP contribution < -0.4 is 0 Å². The lowest BCUT2D eigenvalue weighted by atomic mass is 10.0. The van der Waals surface area contributed by atoms with Crippen LogP contribution in [0.25, 0.3) is 10.7 Å². The van der Waals surface area contributed by atoms with Crippen LogP contribution in [0.2, 0.25) is 0 Å². The van der Waals surface area contributed by atoms with Crippen LogP contribution >= 0.6 is 11.3 Å². The van der Waals surface area contributed by atoms with Crippen molar-refractivity contribution in [2.75, 3.05) is 27.2 Å². The molecule has 3 heterocycles. The Balaban J connectivity index is 1.61. The molecule has 23 heavy (non-hydrogen) atoms. The number of hydrogen-bond acceptors (Lipinski definition) is 5. The van der Waals surface area contributed by atoms with Crippen LogP contribution in [-0.4, -0.2) is 58.9 Å². The quantitative estimate of drug-likeness (QED) is 0.863. The summed E-state index contributed by atoms with van der Waals surface area (Å²) >= 11 is 1.54. The number of amides is 1. The molecule has 5 nitrogen and oxygen atoms in total. The van der Waals surface area contributed by atoms with Crippen molar-refractivity contribution in [3.63, 3.8) is 0 Å². The van der Waals surface area contributed by atoms with Gasteiger partial charge in [0, 0.05) is 24.7 Å². The van der Waals surface area contributed by atoms with Crippen LogP contribution in [0.4, 0.5) is 0 Å². The van der Waals surface area contributed by atoms with Crippen molar-refractivity contribution in [3.8, 4) is 10.7 Å². The first-order valence-corrected chi connectivity index (χ1v) is 8.81. The number of thiazole rings is 1. The van der Waals surface area contributed by atoms with E-state index in [9.17, 15) is 4.79 Å². The molecular weight excluding hydrogens is 308 g/mol. The molecule has 0 N–H and O–H groups in total. The van der Waals surface area contributed by atoms with Gasteiger partial charge in [-0.2, -0.15) is 0 Å². The second kappa shape index (κ2) is 7.19. The zero-order valence-corrected chi connectivity index (χ0v) is 14.4. The molecule has 1 fully saturated rings. The zero-order valence-electron chi connectivity index (χ0n) is 13.6. The maximum atomic E-state index is 12.5. The summed E-state index contributed by atoms with van der Waals surface area (Å²) in [6, 6.07) is 6.13. The first-order chi connectivity index (χ1) is 11.1. The van der Waals surface area contributed by atoms with Crippen molar-refractivity contribution < 1.29 is 4.79 Å². The van der Waals surface area contributed by atoms with E-state index >= 15 is 0 Å². The third kappa shape index (κ3) is 3.95. The Morgan fingerprint density at radius 1 is 1.39 bits per heavy atom. The molecule has 2 aromatic rings. The van der Waals surface area contributed by atoms with Crippen molar-refractivity contribution in [3.05, 3.63) is 35.5 Å². The Morgan fingerprint density at radius 2 is 2.17 bits per heavy atom. The molecule has 0 bridgehead atoms. The second-order valence-electron chi connectivity index (χ2n) is 6.07. The van der Waals surface area contributed by atoms with Crippen molar-refractivity contribution in [1.82, 2.24) is 19.8 Å². The monoisotopic (exact) mass is 330 g/mol. The zero-order chi connectivity index (χ0) is 16.2. The Hall–Kier alpha value is -1.79. The van der Waals surface area contributed by atoms with E-state index in [0.717, 1.165) is 42.3 Å². The molecule has 0 atom stereocenters. The van der Waals surface area contributed by atoms with Gasteiger partial charge in [0.1, 0.15) is 5.01 Å². The van der Waals surface area contributed by atoms with Crippen LogP contribution in [0.5, 0.6) is 0 Å². The lowest BCUT2D eigenvalue weighted by Crippen LogP contribution is -2.45.